The van der Waals surface area contributed by atoms with E-state index in [1.165, 1.54) is 11.8 Å². The third kappa shape index (κ3) is 5.49. The normalized spacial score (nSPS) is 11.5. The number of benzene rings is 2. The first-order valence-corrected chi connectivity index (χ1v) is 11.4. The molecule has 0 aliphatic heterocycles. The van der Waals surface area contributed by atoms with E-state index in [-0.39, 0.29) is 0 Å². The van der Waals surface area contributed by atoms with Crippen LogP contribution >= 0.6 is 46.6 Å². The monoisotopic (exact) mass is 490 g/mol. The minimum atomic E-state index is 0.514. The number of rotatable bonds is 7. The van der Waals surface area contributed by atoms with Gasteiger partial charge in [-0.05, 0) is 42.3 Å². The maximum absolute atomic E-state index is 6.57. The molecule has 0 aliphatic rings. The highest BCUT2D eigenvalue weighted by Crippen LogP contribution is 2.23. The molecule has 2 aromatic carbocycles. The molecule has 2 aromatic heterocycles. The predicted octanol–water partition coefficient (Wildman–Crippen LogP) is 5.97. The van der Waals surface area contributed by atoms with Gasteiger partial charge in [0.15, 0.2) is 0 Å². The number of aromatic nitrogens is 5. The van der Waals surface area contributed by atoms with Crippen molar-refractivity contribution in [1.29, 1.82) is 0 Å². The molecule has 0 spiro atoms. The minimum Gasteiger partial charge on any atom is -0.249 e. The van der Waals surface area contributed by atoms with Crippen LogP contribution < -0.4 is 0 Å². The largest absolute Gasteiger partial charge is 0.249 e. The number of hydrogen-bond donors (Lipinski definition) is 0. The summed E-state index contributed by atoms with van der Waals surface area (Å²) in [6, 6.07) is 15.3. The van der Waals surface area contributed by atoms with E-state index in [4.69, 9.17) is 34.8 Å². The molecule has 0 saturated heterocycles. The lowest BCUT2D eigenvalue weighted by atomic mass is 10.2. The second-order valence-electron chi connectivity index (χ2n) is 6.69. The summed E-state index contributed by atoms with van der Waals surface area (Å²) in [5, 5.41) is 19.7. The van der Waals surface area contributed by atoms with Crippen LogP contribution in [0.4, 0.5) is 0 Å². The van der Waals surface area contributed by atoms with Gasteiger partial charge in [0, 0.05) is 15.8 Å². The number of thioether (sulfide) groups is 1. The molecule has 0 aliphatic carbocycles. The Labute approximate surface area is 198 Å². The molecule has 0 N–H and O–H groups in total. The topological polar surface area (TPSA) is 60.9 Å². The van der Waals surface area contributed by atoms with Gasteiger partial charge in [0.05, 0.1) is 24.0 Å². The Balaban J connectivity index is 1.47. The summed E-state index contributed by atoms with van der Waals surface area (Å²) in [5.41, 5.74) is 3.72. The van der Waals surface area contributed by atoms with Crippen LogP contribution in [0.1, 0.15) is 22.4 Å². The zero-order chi connectivity index (χ0) is 21.8. The minimum absolute atomic E-state index is 0.514. The van der Waals surface area contributed by atoms with E-state index in [2.05, 4.69) is 20.4 Å². The van der Waals surface area contributed by atoms with Gasteiger partial charge in [0.2, 0.25) is 5.16 Å². The van der Waals surface area contributed by atoms with E-state index in [9.17, 15) is 0 Å². The first kappa shape index (κ1) is 21.9. The zero-order valence-corrected chi connectivity index (χ0v) is 19.5. The number of halogens is 3. The molecule has 0 fully saturated rings. The number of aryl methyl sites for hydroxylation is 1. The molecule has 0 atom stereocenters. The maximum atomic E-state index is 6.57. The lowest BCUT2D eigenvalue weighted by molar-refractivity contribution is 0.680. The quantitative estimate of drug-likeness (QED) is 0.236. The number of nitrogens with zero attached hydrogens (tertiary/aromatic N) is 6. The number of hydrogen-bond acceptors (Lipinski definition) is 5. The van der Waals surface area contributed by atoms with Crippen LogP contribution in [0.25, 0.3) is 0 Å². The van der Waals surface area contributed by atoms with Crippen molar-refractivity contribution in [2.24, 2.45) is 5.10 Å². The Morgan fingerprint density at radius 2 is 1.61 bits per heavy atom. The zero-order valence-electron chi connectivity index (χ0n) is 16.4. The van der Waals surface area contributed by atoms with Crippen molar-refractivity contribution in [3.8, 4) is 0 Å². The van der Waals surface area contributed by atoms with Gasteiger partial charge >= 0.3 is 0 Å². The summed E-state index contributed by atoms with van der Waals surface area (Å²) < 4.78 is 3.36. The van der Waals surface area contributed by atoms with Gasteiger partial charge in [0.25, 0.3) is 0 Å². The van der Waals surface area contributed by atoms with E-state index in [0.29, 0.717) is 26.9 Å². The van der Waals surface area contributed by atoms with Crippen LogP contribution in [-0.2, 0) is 12.3 Å². The summed E-state index contributed by atoms with van der Waals surface area (Å²) in [6.07, 6.45) is 3.24. The molecule has 31 heavy (non-hydrogen) atoms. The van der Waals surface area contributed by atoms with Crippen LogP contribution in [0.3, 0.4) is 0 Å². The third-order valence-electron chi connectivity index (χ3n) is 4.45. The first-order chi connectivity index (χ1) is 15.0. The Bertz CT molecular complexity index is 1200. The lowest BCUT2D eigenvalue weighted by Crippen LogP contribution is -2.02. The predicted molar refractivity (Wildman–Crippen MR) is 127 cm³/mol. The van der Waals surface area contributed by atoms with Crippen molar-refractivity contribution >= 4 is 52.8 Å². The molecule has 6 nitrogen and oxygen atoms in total. The van der Waals surface area contributed by atoms with Gasteiger partial charge in [-0.25, -0.2) is 4.68 Å². The molecule has 0 amide bonds. The second-order valence-corrected chi connectivity index (χ2v) is 8.87. The second kappa shape index (κ2) is 9.87. The van der Waals surface area contributed by atoms with Crippen LogP contribution in [0.2, 0.25) is 15.2 Å². The highest BCUT2D eigenvalue weighted by Gasteiger charge is 2.13. The Morgan fingerprint density at radius 1 is 0.968 bits per heavy atom. The molecular formula is C21H17Cl3N6S. The van der Waals surface area contributed by atoms with Gasteiger partial charge in [-0.1, -0.05) is 70.8 Å². The summed E-state index contributed by atoms with van der Waals surface area (Å²) >= 11 is 20.0. The molecule has 158 valence electrons. The highest BCUT2D eigenvalue weighted by atomic mass is 35.5. The standard InChI is InChI=1S/C21H17Cl3N6S/c1-14-19(20(24)29(28-14)11-15-2-6-17(22)7-3-15)10-26-30-13-25-27-21(30)31-12-16-4-8-18(23)9-5-16/h2-10,13H,11-12H2,1H3. The summed E-state index contributed by atoms with van der Waals surface area (Å²) in [6.45, 7) is 2.44. The average Bonchev–Trinajstić information content (AvgIpc) is 3.31. The van der Waals surface area contributed by atoms with Crippen LogP contribution in [0.5, 0.6) is 0 Å². The Hall–Kier alpha value is -2.32. The van der Waals surface area contributed by atoms with Crippen molar-refractivity contribution in [3.05, 3.63) is 92.4 Å². The molecule has 0 saturated carbocycles. The molecule has 2 heterocycles. The lowest BCUT2D eigenvalue weighted by Gasteiger charge is -2.04. The van der Waals surface area contributed by atoms with E-state index in [0.717, 1.165) is 28.1 Å². The van der Waals surface area contributed by atoms with Gasteiger partial charge in [-0.15, -0.1) is 10.2 Å². The van der Waals surface area contributed by atoms with Crippen molar-refractivity contribution in [2.75, 3.05) is 0 Å². The third-order valence-corrected chi connectivity index (χ3v) is 6.35. The summed E-state index contributed by atoms with van der Waals surface area (Å²) in [5.74, 6) is 0.726. The molecule has 10 heteroatoms. The van der Waals surface area contributed by atoms with Crippen molar-refractivity contribution < 1.29 is 0 Å². The summed E-state index contributed by atoms with van der Waals surface area (Å²) in [4.78, 5) is 0. The molecule has 4 aromatic rings. The van der Waals surface area contributed by atoms with Gasteiger partial charge in [-0.3, -0.25) is 0 Å². The van der Waals surface area contributed by atoms with Crippen molar-refractivity contribution in [2.45, 2.75) is 24.4 Å². The fourth-order valence-electron chi connectivity index (χ4n) is 2.82. The molecule has 0 bridgehead atoms. The van der Waals surface area contributed by atoms with Crippen LogP contribution in [-0.4, -0.2) is 30.9 Å². The van der Waals surface area contributed by atoms with Gasteiger partial charge < -0.3 is 0 Å². The molecule has 0 unspecified atom stereocenters. The SMILES string of the molecule is Cc1nn(Cc2ccc(Cl)cc2)c(Cl)c1C=Nn1cnnc1SCc1ccc(Cl)cc1. The first-order valence-electron chi connectivity index (χ1n) is 9.28. The van der Waals surface area contributed by atoms with Crippen LogP contribution in [0, 0.1) is 6.92 Å². The molecule has 0 radical (unpaired) electrons. The molecule has 4 rings (SSSR count). The van der Waals surface area contributed by atoms with Gasteiger partial charge in [0.1, 0.15) is 11.5 Å². The fourth-order valence-corrected chi connectivity index (χ4v) is 4.18. The highest BCUT2D eigenvalue weighted by molar-refractivity contribution is 7.98. The van der Waals surface area contributed by atoms with Crippen molar-refractivity contribution in [3.63, 3.8) is 0 Å². The Morgan fingerprint density at radius 3 is 2.29 bits per heavy atom. The van der Waals surface area contributed by atoms with E-state index >= 15 is 0 Å². The van der Waals surface area contributed by atoms with E-state index < -0.39 is 0 Å². The van der Waals surface area contributed by atoms with E-state index in [1.807, 2.05) is 55.5 Å². The van der Waals surface area contributed by atoms with E-state index in [1.54, 1.807) is 21.9 Å². The fraction of sp³-hybridized carbons (Fsp3) is 0.143. The molecular weight excluding hydrogens is 475 g/mol. The van der Waals surface area contributed by atoms with Crippen molar-refractivity contribution in [1.82, 2.24) is 24.7 Å². The average molecular weight is 492 g/mol. The maximum Gasteiger partial charge on any atom is 0.212 e. The van der Waals surface area contributed by atoms with Gasteiger partial charge in [-0.2, -0.15) is 14.9 Å². The summed E-state index contributed by atoms with van der Waals surface area (Å²) in [7, 11) is 0. The smallest absolute Gasteiger partial charge is 0.212 e. The van der Waals surface area contributed by atoms with Crippen LogP contribution in [0.15, 0.2) is 65.1 Å². The Kier molecular flexibility index (Phi) is 6.97.